The molecule has 88 valence electrons. The van der Waals surface area contributed by atoms with Crippen molar-refractivity contribution in [3.8, 4) is 0 Å². The maximum atomic E-state index is 8.72. The molecular weight excluding hydrogens is 198 g/mol. The lowest BCUT2D eigenvalue weighted by Gasteiger charge is -2.08. The number of aliphatic hydroxyl groups is 1. The molecule has 0 aromatic heterocycles. The molecule has 0 aliphatic heterocycles. The Labute approximate surface area is 97.8 Å². The zero-order valence-electron chi connectivity index (χ0n) is 9.73. The molecule has 0 unspecified atom stereocenters. The van der Waals surface area contributed by atoms with Gasteiger partial charge in [-0.3, -0.25) is 0 Å². The largest absolute Gasteiger partial charge is 0.396 e. The molecule has 0 saturated carbocycles. The monoisotopic (exact) mass is 219 g/mol. The smallest absolute Gasteiger partial charge is 0.0431 e. The Balaban J connectivity index is 2.53. The first-order chi connectivity index (χ1) is 7.76. The number of aliphatic hydroxyl groups excluding tert-OH is 1. The molecule has 0 aliphatic rings. The van der Waals surface area contributed by atoms with Crippen LogP contribution >= 0.6 is 0 Å². The van der Waals surface area contributed by atoms with Crippen LogP contribution in [0.15, 0.2) is 36.9 Å². The topological polar surface area (TPSA) is 46.2 Å². The molecule has 1 aromatic carbocycles. The van der Waals surface area contributed by atoms with E-state index >= 15 is 0 Å². The normalized spacial score (nSPS) is 12.4. The van der Waals surface area contributed by atoms with Crippen molar-refractivity contribution < 1.29 is 5.11 Å². The van der Waals surface area contributed by atoms with Crippen LogP contribution in [0.1, 0.15) is 24.0 Å². The maximum Gasteiger partial charge on any atom is 0.0431 e. The number of aryl methyl sites for hydroxylation is 1. The zero-order valence-corrected chi connectivity index (χ0v) is 9.73. The predicted molar refractivity (Wildman–Crippen MR) is 68.3 cm³/mol. The molecule has 3 N–H and O–H groups in total. The Morgan fingerprint density at radius 2 is 2.06 bits per heavy atom. The lowest BCUT2D eigenvalue weighted by Crippen LogP contribution is -2.19. The second-order valence-corrected chi connectivity index (χ2v) is 4.10. The van der Waals surface area contributed by atoms with Crippen molar-refractivity contribution in [3.63, 3.8) is 0 Å². The van der Waals surface area contributed by atoms with Gasteiger partial charge in [-0.05, 0) is 36.8 Å². The van der Waals surface area contributed by atoms with Crippen LogP contribution in [0.25, 0.3) is 0 Å². The van der Waals surface area contributed by atoms with Gasteiger partial charge >= 0.3 is 0 Å². The zero-order chi connectivity index (χ0) is 11.8. The van der Waals surface area contributed by atoms with Gasteiger partial charge in [0.05, 0.1) is 0 Å². The van der Waals surface area contributed by atoms with E-state index in [1.807, 2.05) is 0 Å². The summed E-state index contributed by atoms with van der Waals surface area (Å²) in [7, 11) is 0. The van der Waals surface area contributed by atoms with E-state index in [1.165, 1.54) is 11.1 Å². The highest BCUT2D eigenvalue weighted by Crippen LogP contribution is 2.10. The lowest BCUT2D eigenvalue weighted by molar-refractivity contribution is 0.284. The van der Waals surface area contributed by atoms with E-state index in [0.29, 0.717) is 0 Å². The molecule has 0 heterocycles. The molecule has 0 radical (unpaired) electrons. The van der Waals surface area contributed by atoms with Crippen LogP contribution < -0.4 is 5.73 Å². The summed E-state index contributed by atoms with van der Waals surface area (Å²) in [6.45, 7) is 3.97. The van der Waals surface area contributed by atoms with Crippen molar-refractivity contribution in [1.29, 1.82) is 0 Å². The third-order valence-corrected chi connectivity index (χ3v) is 2.64. The summed E-state index contributed by atoms with van der Waals surface area (Å²) >= 11 is 0. The summed E-state index contributed by atoms with van der Waals surface area (Å²) in [5, 5.41) is 8.72. The highest BCUT2D eigenvalue weighted by atomic mass is 16.2. The van der Waals surface area contributed by atoms with Gasteiger partial charge in [0.25, 0.3) is 0 Å². The second-order valence-electron chi connectivity index (χ2n) is 4.10. The first-order valence-corrected chi connectivity index (χ1v) is 5.83. The van der Waals surface area contributed by atoms with Crippen molar-refractivity contribution in [2.75, 3.05) is 6.61 Å². The molecule has 0 saturated heterocycles. The van der Waals surface area contributed by atoms with Crippen molar-refractivity contribution in [2.45, 2.75) is 31.7 Å². The quantitative estimate of drug-likeness (QED) is 0.544. The van der Waals surface area contributed by atoms with Gasteiger partial charge < -0.3 is 10.8 Å². The Bertz CT molecular complexity index is 322. The van der Waals surface area contributed by atoms with E-state index in [0.717, 1.165) is 25.7 Å². The van der Waals surface area contributed by atoms with Crippen LogP contribution in [0.4, 0.5) is 0 Å². The van der Waals surface area contributed by atoms with Crippen LogP contribution in [0.3, 0.4) is 0 Å². The van der Waals surface area contributed by atoms with Gasteiger partial charge in [-0.2, -0.15) is 0 Å². The van der Waals surface area contributed by atoms with Gasteiger partial charge in [0.15, 0.2) is 0 Å². The summed E-state index contributed by atoms with van der Waals surface area (Å²) in [4.78, 5) is 0. The average Bonchev–Trinajstić information content (AvgIpc) is 2.30. The molecule has 16 heavy (non-hydrogen) atoms. The fourth-order valence-corrected chi connectivity index (χ4v) is 1.71. The summed E-state index contributed by atoms with van der Waals surface area (Å²) in [5.74, 6) is 0. The molecular formula is C14H21NO. The molecule has 0 amide bonds. The Morgan fingerprint density at radius 1 is 1.31 bits per heavy atom. The predicted octanol–water partition coefficient (Wildman–Crippen LogP) is 2.06. The summed E-state index contributed by atoms with van der Waals surface area (Å²) in [6.07, 6.45) is 5.55. The number of hydrogen-bond donors (Lipinski definition) is 2. The first kappa shape index (κ1) is 12.9. The number of nitrogens with two attached hydrogens (primary N) is 1. The highest BCUT2D eigenvalue weighted by Gasteiger charge is 2.00. The van der Waals surface area contributed by atoms with E-state index in [9.17, 15) is 0 Å². The lowest BCUT2D eigenvalue weighted by atomic mass is 10.0. The number of hydrogen-bond acceptors (Lipinski definition) is 2. The number of benzene rings is 1. The standard InChI is InChI=1S/C14H21NO/c1-2-14(15)11-13-8-5-7-12(10-13)6-3-4-9-16/h2,5,7-8,10,14,16H,1,3-4,6,9,11,15H2/t14-/m1/s1. The van der Waals surface area contributed by atoms with Crippen LogP contribution in [0, 0.1) is 0 Å². The summed E-state index contributed by atoms with van der Waals surface area (Å²) in [6, 6.07) is 8.52. The van der Waals surface area contributed by atoms with E-state index in [4.69, 9.17) is 10.8 Å². The minimum atomic E-state index is 0.0349. The first-order valence-electron chi connectivity index (χ1n) is 5.83. The molecule has 1 aromatic rings. The van der Waals surface area contributed by atoms with Gasteiger partial charge in [0.2, 0.25) is 0 Å². The van der Waals surface area contributed by atoms with Crippen LogP contribution in [0.5, 0.6) is 0 Å². The molecule has 0 bridgehead atoms. The fourth-order valence-electron chi connectivity index (χ4n) is 1.71. The molecule has 0 spiro atoms. The Hall–Kier alpha value is -1.12. The van der Waals surface area contributed by atoms with Crippen LogP contribution in [0.2, 0.25) is 0 Å². The van der Waals surface area contributed by atoms with Crippen molar-refractivity contribution in [2.24, 2.45) is 5.73 Å². The van der Waals surface area contributed by atoms with Crippen molar-refractivity contribution in [1.82, 2.24) is 0 Å². The van der Waals surface area contributed by atoms with E-state index in [1.54, 1.807) is 6.08 Å². The van der Waals surface area contributed by atoms with Crippen LogP contribution in [-0.2, 0) is 12.8 Å². The van der Waals surface area contributed by atoms with Crippen molar-refractivity contribution in [3.05, 3.63) is 48.0 Å². The van der Waals surface area contributed by atoms with Crippen molar-refractivity contribution >= 4 is 0 Å². The Morgan fingerprint density at radius 3 is 2.75 bits per heavy atom. The molecule has 1 rings (SSSR count). The van der Waals surface area contributed by atoms with Crippen LogP contribution in [-0.4, -0.2) is 17.8 Å². The molecule has 1 atom stereocenters. The minimum absolute atomic E-state index is 0.0349. The number of unbranched alkanes of at least 4 members (excludes halogenated alkanes) is 1. The fraction of sp³-hybridized carbons (Fsp3) is 0.429. The maximum absolute atomic E-state index is 8.72. The summed E-state index contributed by atoms with van der Waals surface area (Å²) < 4.78 is 0. The van der Waals surface area contributed by atoms with Gasteiger partial charge in [-0.25, -0.2) is 0 Å². The van der Waals surface area contributed by atoms with Gasteiger partial charge in [-0.15, -0.1) is 6.58 Å². The van der Waals surface area contributed by atoms with E-state index < -0.39 is 0 Å². The van der Waals surface area contributed by atoms with Gasteiger partial charge in [-0.1, -0.05) is 30.3 Å². The Kier molecular flexibility index (Phi) is 5.83. The molecule has 2 heteroatoms. The van der Waals surface area contributed by atoms with E-state index in [-0.39, 0.29) is 12.6 Å². The third-order valence-electron chi connectivity index (χ3n) is 2.64. The molecule has 2 nitrogen and oxygen atoms in total. The minimum Gasteiger partial charge on any atom is -0.396 e. The number of rotatable bonds is 7. The third kappa shape index (κ3) is 4.60. The van der Waals surface area contributed by atoms with Gasteiger partial charge in [0.1, 0.15) is 0 Å². The SMILES string of the molecule is C=C[C@@H](N)Cc1cccc(CCCCO)c1. The molecule has 0 aliphatic carbocycles. The highest BCUT2D eigenvalue weighted by molar-refractivity contribution is 5.24. The van der Waals surface area contributed by atoms with Gasteiger partial charge in [0, 0.05) is 12.6 Å². The second kappa shape index (κ2) is 7.20. The molecule has 0 fully saturated rings. The average molecular weight is 219 g/mol. The van der Waals surface area contributed by atoms with E-state index in [2.05, 4.69) is 30.8 Å². The summed E-state index contributed by atoms with van der Waals surface area (Å²) in [5.41, 5.74) is 8.41.